The molecule has 2 heterocycles. The Hall–Kier alpha value is -3.11. The summed E-state index contributed by atoms with van der Waals surface area (Å²) >= 11 is 0. The number of benzene rings is 2. The highest BCUT2D eigenvalue weighted by molar-refractivity contribution is 7.89. The van der Waals surface area contributed by atoms with E-state index >= 15 is 0 Å². The molecule has 0 radical (unpaired) electrons. The highest BCUT2D eigenvalue weighted by Crippen LogP contribution is 2.34. The lowest BCUT2D eigenvalue weighted by Crippen LogP contribution is -2.49. The molecule has 9 nitrogen and oxygen atoms in total. The number of aryl methyl sites for hydroxylation is 1. The molecule has 1 aromatic heterocycles. The molecular weight excluding hydrogens is 454 g/mol. The van der Waals surface area contributed by atoms with Gasteiger partial charge in [0.1, 0.15) is 16.4 Å². The molecule has 1 saturated carbocycles. The van der Waals surface area contributed by atoms with Gasteiger partial charge in [0.05, 0.1) is 25.3 Å². The van der Waals surface area contributed by atoms with Gasteiger partial charge in [-0.05, 0) is 49.6 Å². The molecule has 0 spiro atoms. The molecule has 0 bridgehead atoms. The average molecular weight is 484 g/mol. The van der Waals surface area contributed by atoms with Crippen molar-refractivity contribution in [1.82, 2.24) is 14.3 Å². The average Bonchev–Trinajstić information content (AvgIpc) is 3.67. The van der Waals surface area contributed by atoms with Crippen LogP contribution in [0.5, 0.6) is 11.5 Å². The summed E-state index contributed by atoms with van der Waals surface area (Å²) in [6, 6.07) is 11.2. The van der Waals surface area contributed by atoms with Crippen LogP contribution in [0.3, 0.4) is 0 Å². The Morgan fingerprint density at radius 3 is 2.38 bits per heavy atom. The summed E-state index contributed by atoms with van der Waals surface area (Å²) in [5.41, 5.74) is 2.82. The quantitative estimate of drug-likeness (QED) is 0.548. The topological polar surface area (TPSA) is 96.9 Å². The maximum absolute atomic E-state index is 13.4. The summed E-state index contributed by atoms with van der Waals surface area (Å²) in [6.45, 7) is 3.75. The normalized spacial score (nSPS) is 17.1. The van der Waals surface area contributed by atoms with Crippen molar-refractivity contribution in [2.45, 2.75) is 30.7 Å². The smallest absolute Gasteiger partial charge is 0.246 e. The molecule has 0 amide bonds. The fraction of sp³-hybridized carbons (Fsp3) is 0.417. The van der Waals surface area contributed by atoms with Gasteiger partial charge < -0.3 is 19.7 Å². The van der Waals surface area contributed by atoms with Crippen molar-refractivity contribution < 1.29 is 17.9 Å². The maximum Gasteiger partial charge on any atom is 0.246 e. The Balaban J connectivity index is 1.40. The van der Waals surface area contributed by atoms with Crippen molar-refractivity contribution >= 4 is 32.7 Å². The van der Waals surface area contributed by atoms with Crippen molar-refractivity contribution in [3.8, 4) is 11.5 Å². The molecule has 180 valence electrons. The van der Waals surface area contributed by atoms with Gasteiger partial charge >= 0.3 is 0 Å². The predicted molar refractivity (Wildman–Crippen MR) is 131 cm³/mol. The number of nitrogens with zero attached hydrogens (tertiary/aromatic N) is 4. The van der Waals surface area contributed by atoms with E-state index in [0.717, 1.165) is 41.1 Å². The largest absolute Gasteiger partial charge is 0.497 e. The molecule has 1 aliphatic heterocycles. The highest BCUT2D eigenvalue weighted by Gasteiger charge is 2.33. The maximum atomic E-state index is 13.4. The van der Waals surface area contributed by atoms with Crippen molar-refractivity contribution in [1.29, 1.82) is 0 Å². The van der Waals surface area contributed by atoms with Crippen LogP contribution in [0.25, 0.3) is 11.0 Å². The molecule has 0 atom stereocenters. The molecule has 2 aromatic carbocycles. The van der Waals surface area contributed by atoms with E-state index in [9.17, 15) is 8.42 Å². The van der Waals surface area contributed by atoms with E-state index in [0.29, 0.717) is 38.0 Å². The van der Waals surface area contributed by atoms with Gasteiger partial charge in [0.2, 0.25) is 10.0 Å². The number of nitrogens with one attached hydrogen (secondary N) is 1. The Labute approximate surface area is 199 Å². The van der Waals surface area contributed by atoms with Gasteiger partial charge in [0.25, 0.3) is 0 Å². The van der Waals surface area contributed by atoms with Gasteiger partial charge in [-0.15, -0.1) is 0 Å². The van der Waals surface area contributed by atoms with Crippen LogP contribution in [0.2, 0.25) is 0 Å². The Bertz CT molecular complexity index is 1320. The number of sulfonamides is 1. The minimum Gasteiger partial charge on any atom is -0.497 e. The van der Waals surface area contributed by atoms with Crippen LogP contribution < -0.4 is 19.7 Å². The first-order valence-corrected chi connectivity index (χ1v) is 12.8. The van der Waals surface area contributed by atoms with E-state index in [4.69, 9.17) is 19.4 Å². The molecule has 34 heavy (non-hydrogen) atoms. The molecular formula is C24H29N5O4S. The first kappa shape index (κ1) is 22.7. The van der Waals surface area contributed by atoms with Crippen LogP contribution in [0.4, 0.5) is 11.6 Å². The van der Waals surface area contributed by atoms with Crippen molar-refractivity contribution in [3.05, 3.63) is 42.0 Å². The van der Waals surface area contributed by atoms with Crippen LogP contribution in [0.15, 0.2) is 41.3 Å². The Kier molecular flexibility index (Phi) is 5.95. The number of ether oxygens (including phenoxy) is 2. The first-order chi connectivity index (χ1) is 16.4. The van der Waals surface area contributed by atoms with Crippen molar-refractivity contribution in [2.75, 3.05) is 50.6 Å². The van der Waals surface area contributed by atoms with Gasteiger partial charge in [-0.1, -0.05) is 6.07 Å². The monoisotopic (exact) mass is 483 g/mol. The third-order valence-corrected chi connectivity index (χ3v) is 8.18. The summed E-state index contributed by atoms with van der Waals surface area (Å²) in [7, 11) is -0.729. The van der Waals surface area contributed by atoms with Crippen molar-refractivity contribution in [2.24, 2.45) is 0 Å². The fourth-order valence-electron chi connectivity index (χ4n) is 4.16. The summed E-state index contributed by atoms with van der Waals surface area (Å²) in [5, 5.41) is 3.51. The Morgan fingerprint density at radius 1 is 0.941 bits per heavy atom. The number of anilines is 2. The van der Waals surface area contributed by atoms with Crippen LogP contribution >= 0.6 is 0 Å². The van der Waals surface area contributed by atoms with Crippen LogP contribution in [-0.2, 0) is 10.0 Å². The molecule has 2 fully saturated rings. The van der Waals surface area contributed by atoms with Crippen molar-refractivity contribution in [3.63, 3.8) is 0 Å². The zero-order valence-corrected chi connectivity index (χ0v) is 20.4. The van der Waals surface area contributed by atoms with Gasteiger partial charge in [0, 0.05) is 38.3 Å². The minimum atomic E-state index is -3.72. The summed E-state index contributed by atoms with van der Waals surface area (Å²) in [4.78, 5) is 12.0. The van der Waals surface area contributed by atoms with E-state index < -0.39 is 10.0 Å². The molecule has 0 unspecified atom stereocenters. The first-order valence-electron chi connectivity index (χ1n) is 11.4. The van der Waals surface area contributed by atoms with Crippen LogP contribution in [0.1, 0.15) is 18.4 Å². The lowest BCUT2D eigenvalue weighted by molar-refractivity contribution is 0.369. The zero-order chi connectivity index (χ0) is 23.9. The number of fused-ring (bicyclic) bond motifs is 1. The molecule has 1 aliphatic carbocycles. The number of aromatic nitrogens is 2. The molecule has 10 heteroatoms. The third-order valence-electron chi connectivity index (χ3n) is 6.25. The molecule has 2 aliphatic rings. The molecule has 5 rings (SSSR count). The van der Waals surface area contributed by atoms with Gasteiger partial charge in [-0.3, -0.25) is 0 Å². The number of piperazine rings is 1. The second-order valence-corrected chi connectivity index (χ2v) is 10.6. The van der Waals surface area contributed by atoms with Gasteiger partial charge in [-0.25, -0.2) is 18.4 Å². The predicted octanol–water partition coefficient (Wildman–Crippen LogP) is 3.04. The summed E-state index contributed by atoms with van der Waals surface area (Å²) < 4.78 is 38.8. The van der Waals surface area contributed by atoms with E-state index in [2.05, 4.69) is 10.2 Å². The lowest BCUT2D eigenvalue weighted by Gasteiger charge is -2.35. The van der Waals surface area contributed by atoms with Gasteiger partial charge in [-0.2, -0.15) is 4.31 Å². The Morgan fingerprint density at radius 2 is 1.71 bits per heavy atom. The van der Waals surface area contributed by atoms with E-state index in [-0.39, 0.29) is 10.6 Å². The highest BCUT2D eigenvalue weighted by atomic mass is 32.2. The molecule has 1 saturated heterocycles. The fourth-order valence-corrected chi connectivity index (χ4v) is 5.72. The second kappa shape index (κ2) is 8.92. The zero-order valence-electron chi connectivity index (χ0n) is 19.6. The molecule has 3 aromatic rings. The lowest BCUT2D eigenvalue weighted by atomic mass is 10.2. The van der Waals surface area contributed by atoms with E-state index in [1.54, 1.807) is 12.1 Å². The molecule has 1 N–H and O–H groups in total. The number of hydrogen-bond acceptors (Lipinski definition) is 8. The standard InChI is InChI=1S/C24H29N5O4S/c1-16-4-8-19-20(14-16)27-24(23(26-19)25-17-5-6-17)28-10-12-29(13-11-28)34(30,31)22-9-7-18(32-2)15-21(22)33-3/h4,7-9,14-15,17H,5-6,10-13H2,1-3H3,(H,25,26). The number of hydrogen-bond donors (Lipinski definition) is 1. The van der Waals surface area contributed by atoms with Crippen LogP contribution in [-0.4, -0.2) is 69.1 Å². The number of rotatable bonds is 7. The minimum absolute atomic E-state index is 0.140. The summed E-state index contributed by atoms with van der Waals surface area (Å²) in [6.07, 6.45) is 2.26. The van der Waals surface area contributed by atoms with Crippen LogP contribution in [0, 0.1) is 6.92 Å². The summed E-state index contributed by atoms with van der Waals surface area (Å²) in [5.74, 6) is 2.37. The number of methoxy groups -OCH3 is 2. The van der Waals surface area contributed by atoms with E-state index in [1.165, 1.54) is 24.6 Å². The second-order valence-electron chi connectivity index (χ2n) is 8.71. The van der Waals surface area contributed by atoms with E-state index in [1.807, 2.05) is 25.1 Å². The third kappa shape index (κ3) is 4.35. The SMILES string of the molecule is COc1ccc(S(=O)(=O)N2CCN(c3nc4cc(C)ccc4nc3NC3CC3)CC2)c(OC)c1. The van der Waals surface area contributed by atoms with Gasteiger partial charge in [0.15, 0.2) is 11.6 Å².